The molecule has 2 rings (SSSR count). The molecule has 0 aromatic heterocycles. The van der Waals surface area contributed by atoms with Crippen LogP contribution in [0, 0.1) is 5.92 Å². The molecule has 5 nitrogen and oxygen atoms in total. The molecular formula is C13H17N3O2. The second-order valence-electron chi connectivity index (χ2n) is 4.62. The Kier molecular flexibility index (Phi) is 3.50. The van der Waals surface area contributed by atoms with Crippen LogP contribution in [-0.2, 0) is 4.79 Å². The van der Waals surface area contributed by atoms with Gasteiger partial charge < -0.3 is 16.4 Å². The first-order valence-corrected chi connectivity index (χ1v) is 6.02. The van der Waals surface area contributed by atoms with Crippen molar-refractivity contribution in [2.24, 2.45) is 11.7 Å². The molecule has 0 saturated carbocycles. The van der Waals surface area contributed by atoms with Crippen molar-refractivity contribution in [3.8, 4) is 0 Å². The Morgan fingerprint density at radius 2 is 2.11 bits per heavy atom. The number of rotatable bonds is 2. The summed E-state index contributed by atoms with van der Waals surface area (Å²) in [7, 11) is 0. The number of amides is 2. The number of likely N-dealkylation sites (tertiary alicyclic amines) is 1. The highest BCUT2D eigenvalue weighted by molar-refractivity contribution is 5.95. The van der Waals surface area contributed by atoms with Gasteiger partial charge in [0.2, 0.25) is 5.91 Å². The summed E-state index contributed by atoms with van der Waals surface area (Å²) in [6.45, 7) is 1.07. The van der Waals surface area contributed by atoms with Gasteiger partial charge in [-0.15, -0.1) is 0 Å². The molecule has 1 atom stereocenters. The average Bonchev–Trinajstić information content (AvgIpc) is 2.38. The van der Waals surface area contributed by atoms with Crippen LogP contribution in [0.25, 0.3) is 0 Å². The highest BCUT2D eigenvalue weighted by atomic mass is 16.2. The van der Waals surface area contributed by atoms with Crippen molar-refractivity contribution in [2.45, 2.75) is 12.8 Å². The lowest BCUT2D eigenvalue weighted by Gasteiger charge is -2.31. The number of hydrogen-bond donors (Lipinski definition) is 2. The molecule has 1 fully saturated rings. The SMILES string of the molecule is NC(=O)C1CCCN(C(=O)c2cccc(N)c2)C1. The van der Waals surface area contributed by atoms with Gasteiger partial charge in [-0.25, -0.2) is 0 Å². The summed E-state index contributed by atoms with van der Waals surface area (Å²) in [6.07, 6.45) is 1.57. The van der Waals surface area contributed by atoms with E-state index in [1.165, 1.54) is 0 Å². The van der Waals surface area contributed by atoms with Gasteiger partial charge in [0.05, 0.1) is 5.92 Å². The van der Waals surface area contributed by atoms with Crippen LogP contribution in [0.1, 0.15) is 23.2 Å². The highest BCUT2D eigenvalue weighted by Crippen LogP contribution is 2.19. The van der Waals surface area contributed by atoms with Crippen molar-refractivity contribution >= 4 is 17.5 Å². The summed E-state index contributed by atoms with van der Waals surface area (Å²) >= 11 is 0. The number of benzene rings is 1. The lowest BCUT2D eigenvalue weighted by atomic mass is 9.97. The molecule has 1 heterocycles. The van der Waals surface area contributed by atoms with E-state index >= 15 is 0 Å². The zero-order valence-electron chi connectivity index (χ0n) is 10.1. The Morgan fingerprint density at radius 1 is 1.33 bits per heavy atom. The number of primary amides is 1. The van der Waals surface area contributed by atoms with Crippen LogP contribution in [0.4, 0.5) is 5.69 Å². The van der Waals surface area contributed by atoms with Gasteiger partial charge in [0.15, 0.2) is 0 Å². The molecule has 1 unspecified atom stereocenters. The molecule has 0 aliphatic carbocycles. The highest BCUT2D eigenvalue weighted by Gasteiger charge is 2.27. The van der Waals surface area contributed by atoms with E-state index in [2.05, 4.69) is 0 Å². The van der Waals surface area contributed by atoms with E-state index in [4.69, 9.17) is 11.5 Å². The van der Waals surface area contributed by atoms with E-state index in [0.29, 0.717) is 24.3 Å². The lowest BCUT2D eigenvalue weighted by molar-refractivity contribution is -0.123. The van der Waals surface area contributed by atoms with Crippen LogP contribution in [0.15, 0.2) is 24.3 Å². The molecule has 1 aromatic carbocycles. The summed E-state index contributed by atoms with van der Waals surface area (Å²) in [5.41, 5.74) is 12.1. The number of carbonyl (C=O) groups is 2. The topological polar surface area (TPSA) is 89.4 Å². The third-order valence-electron chi connectivity index (χ3n) is 3.24. The van der Waals surface area contributed by atoms with Crippen molar-refractivity contribution < 1.29 is 9.59 Å². The minimum atomic E-state index is -0.333. The van der Waals surface area contributed by atoms with Crippen LogP contribution in [0.3, 0.4) is 0 Å². The fraction of sp³-hybridized carbons (Fsp3) is 0.385. The van der Waals surface area contributed by atoms with Crippen LogP contribution in [-0.4, -0.2) is 29.8 Å². The maximum Gasteiger partial charge on any atom is 0.253 e. The standard InChI is InChI=1S/C13H17N3O2/c14-11-5-1-3-9(7-11)13(18)16-6-2-4-10(8-16)12(15)17/h1,3,5,7,10H,2,4,6,8,14H2,(H2,15,17). The number of nitrogens with zero attached hydrogens (tertiary/aromatic N) is 1. The molecule has 0 bridgehead atoms. The quantitative estimate of drug-likeness (QED) is 0.750. The monoisotopic (exact) mass is 247 g/mol. The van der Waals surface area contributed by atoms with Gasteiger partial charge in [-0.05, 0) is 31.0 Å². The van der Waals surface area contributed by atoms with Crippen LogP contribution < -0.4 is 11.5 Å². The van der Waals surface area contributed by atoms with Crippen molar-refractivity contribution in [3.63, 3.8) is 0 Å². The van der Waals surface area contributed by atoms with E-state index in [1.54, 1.807) is 29.2 Å². The predicted molar refractivity (Wildman–Crippen MR) is 68.7 cm³/mol. The summed E-state index contributed by atoms with van der Waals surface area (Å²) in [5.74, 6) is -0.655. The predicted octanol–water partition coefficient (Wildman–Crippen LogP) is 0.606. The molecule has 1 aliphatic heterocycles. The Balaban J connectivity index is 2.11. The van der Waals surface area contributed by atoms with Gasteiger partial charge in [-0.1, -0.05) is 6.07 Å². The first-order valence-electron chi connectivity index (χ1n) is 6.02. The third kappa shape index (κ3) is 2.61. The van der Waals surface area contributed by atoms with Crippen molar-refractivity contribution in [1.29, 1.82) is 0 Å². The van der Waals surface area contributed by atoms with Crippen LogP contribution in [0.2, 0.25) is 0 Å². The van der Waals surface area contributed by atoms with Gasteiger partial charge >= 0.3 is 0 Å². The molecule has 1 aliphatic rings. The van der Waals surface area contributed by atoms with E-state index in [-0.39, 0.29) is 17.7 Å². The largest absolute Gasteiger partial charge is 0.399 e. The summed E-state index contributed by atoms with van der Waals surface area (Å²) in [6, 6.07) is 6.86. The first-order chi connectivity index (χ1) is 8.58. The Hall–Kier alpha value is -2.04. The number of anilines is 1. The number of nitrogen functional groups attached to an aromatic ring is 1. The van der Waals surface area contributed by atoms with Gasteiger partial charge in [0.1, 0.15) is 0 Å². The minimum Gasteiger partial charge on any atom is -0.399 e. The fourth-order valence-corrected chi connectivity index (χ4v) is 2.25. The first kappa shape index (κ1) is 12.4. The Labute approximate surface area is 106 Å². The van der Waals surface area contributed by atoms with Crippen molar-refractivity contribution in [1.82, 2.24) is 4.90 Å². The molecule has 1 saturated heterocycles. The van der Waals surface area contributed by atoms with E-state index in [0.717, 1.165) is 12.8 Å². The molecule has 0 radical (unpaired) electrons. The van der Waals surface area contributed by atoms with Gasteiger partial charge in [0, 0.05) is 24.3 Å². The normalized spacial score (nSPS) is 19.6. The molecule has 1 aromatic rings. The van der Waals surface area contributed by atoms with Gasteiger partial charge in [-0.3, -0.25) is 9.59 Å². The average molecular weight is 247 g/mol. The molecule has 0 spiro atoms. The molecule has 96 valence electrons. The van der Waals surface area contributed by atoms with E-state index < -0.39 is 0 Å². The zero-order chi connectivity index (χ0) is 13.1. The Bertz CT molecular complexity index is 473. The second-order valence-corrected chi connectivity index (χ2v) is 4.62. The smallest absolute Gasteiger partial charge is 0.253 e. The number of carbonyl (C=O) groups excluding carboxylic acids is 2. The molecule has 18 heavy (non-hydrogen) atoms. The lowest BCUT2D eigenvalue weighted by Crippen LogP contribution is -2.44. The fourth-order valence-electron chi connectivity index (χ4n) is 2.25. The van der Waals surface area contributed by atoms with Gasteiger partial charge in [0.25, 0.3) is 5.91 Å². The molecular weight excluding hydrogens is 230 g/mol. The molecule has 2 amide bonds. The summed E-state index contributed by atoms with van der Waals surface area (Å²) < 4.78 is 0. The van der Waals surface area contributed by atoms with E-state index in [9.17, 15) is 9.59 Å². The third-order valence-corrected chi connectivity index (χ3v) is 3.24. The second kappa shape index (κ2) is 5.08. The van der Waals surface area contributed by atoms with Crippen LogP contribution in [0.5, 0.6) is 0 Å². The summed E-state index contributed by atoms with van der Waals surface area (Å²) in [4.78, 5) is 25.1. The number of piperidine rings is 1. The minimum absolute atomic E-state index is 0.0896. The maximum absolute atomic E-state index is 12.2. The van der Waals surface area contributed by atoms with Crippen LogP contribution >= 0.6 is 0 Å². The zero-order valence-corrected chi connectivity index (χ0v) is 10.1. The maximum atomic E-state index is 12.2. The molecule has 4 N–H and O–H groups in total. The number of hydrogen-bond acceptors (Lipinski definition) is 3. The molecule has 5 heteroatoms. The van der Waals surface area contributed by atoms with E-state index in [1.807, 2.05) is 0 Å². The van der Waals surface area contributed by atoms with Gasteiger partial charge in [-0.2, -0.15) is 0 Å². The number of nitrogens with two attached hydrogens (primary N) is 2. The Morgan fingerprint density at radius 3 is 2.78 bits per heavy atom. The van der Waals surface area contributed by atoms with Crippen molar-refractivity contribution in [2.75, 3.05) is 18.8 Å². The van der Waals surface area contributed by atoms with Crippen molar-refractivity contribution in [3.05, 3.63) is 29.8 Å². The summed E-state index contributed by atoms with van der Waals surface area (Å²) in [5, 5.41) is 0.